The lowest BCUT2D eigenvalue weighted by Gasteiger charge is -2.28. The van der Waals surface area contributed by atoms with Crippen LogP contribution in [0.25, 0.3) is 0 Å². The highest BCUT2D eigenvalue weighted by Gasteiger charge is 2.15. The predicted octanol–water partition coefficient (Wildman–Crippen LogP) is 2.22. The second kappa shape index (κ2) is 7.68. The number of rotatable bonds is 7. The number of halogens is 1. The van der Waals surface area contributed by atoms with Crippen molar-refractivity contribution in [1.29, 1.82) is 0 Å². The summed E-state index contributed by atoms with van der Waals surface area (Å²) in [5, 5.41) is 0.685. The Morgan fingerprint density at radius 3 is 2.53 bits per heavy atom. The number of pyridine rings is 1. The van der Waals surface area contributed by atoms with Gasteiger partial charge in [0.15, 0.2) is 0 Å². The molecule has 0 spiro atoms. The summed E-state index contributed by atoms with van der Waals surface area (Å²) in [7, 11) is 4.14. The molecule has 1 heterocycles. The minimum atomic E-state index is 0.442. The summed E-state index contributed by atoms with van der Waals surface area (Å²) in [5.41, 5.74) is 6.65. The van der Waals surface area contributed by atoms with E-state index in [1.807, 2.05) is 6.07 Å². The summed E-state index contributed by atoms with van der Waals surface area (Å²) in [6.45, 7) is 7.66. The van der Waals surface area contributed by atoms with Crippen molar-refractivity contribution in [2.75, 3.05) is 38.6 Å². The van der Waals surface area contributed by atoms with Crippen molar-refractivity contribution in [2.45, 2.75) is 20.4 Å². The van der Waals surface area contributed by atoms with Gasteiger partial charge in [-0.05, 0) is 31.6 Å². The highest BCUT2D eigenvalue weighted by molar-refractivity contribution is 6.33. The van der Waals surface area contributed by atoms with Crippen molar-refractivity contribution in [3.63, 3.8) is 0 Å². The highest BCUT2D eigenvalue weighted by atomic mass is 35.5. The second-order valence-electron chi connectivity index (χ2n) is 5.45. The molecule has 0 unspecified atom stereocenters. The zero-order valence-electron chi connectivity index (χ0n) is 12.4. The molecule has 0 saturated carbocycles. The number of hydrogen-bond acceptors (Lipinski definition) is 4. The summed E-state index contributed by atoms with van der Waals surface area (Å²) < 4.78 is 0. The molecule has 1 rings (SSSR count). The van der Waals surface area contributed by atoms with Crippen molar-refractivity contribution in [3.05, 3.63) is 22.8 Å². The van der Waals surface area contributed by atoms with Crippen LogP contribution in [-0.2, 0) is 6.54 Å². The van der Waals surface area contributed by atoms with Crippen LogP contribution in [0.2, 0.25) is 5.02 Å². The predicted molar refractivity (Wildman–Crippen MR) is 82.7 cm³/mol. The molecule has 0 atom stereocenters. The van der Waals surface area contributed by atoms with E-state index in [-0.39, 0.29) is 0 Å². The number of anilines is 1. The van der Waals surface area contributed by atoms with Crippen molar-refractivity contribution >= 4 is 17.4 Å². The molecule has 0 aromatic carbocycles. The van der Waals surface area contributed by atoms with E-state index in [4.69, 9.17) is 17.3 Å². The van der Waals surface area contributed by atoms with Gasteiger partial charge in [-0.25, -0.2) is 4.98 Å². The van der Waals surface area contributed by atoms with Gasteiger partial charge in [0.25, 0.3) is 0 Å². The first-order valence-electron chi connectivity index (χ1n) is 6.68. The van der Waals surface area contributed by atoms with E-state index in [1.54, 1.807) is 6.20 Å². The summed E-state index contributed by atoms with van der Waals surface area (Å²) in [4.78, 5) is 8.84. The monoisotopic (exact) mass is 284 g/mol. The quantitative estimate of drug-likeness (QED) is 0.834. The zero-order valence-corrected chi connectivity index (χ0v) is 13.1. The lowest BCUT2D eigenvalue weighted by atomic mass is 10.2. The van der Waals surface area contributed by atoms with Crippen molar-refractivity contribution in [1.82, 2.24) is 9.88 Å². The molecule has 0 amide bonds. The minimum Gasteiger partial charge on any atom is -0.354 e. The van der Waals surface area contributed by atoms with Crippen LogP contribution in [-0.4, -0.2) is 43.6 Å². The van der Waals surface area contributed by atoms with E-state index >= 15 is 0 Å². The maximum atomic E-state index is 6.40. The summed E-state index contributed by atoms with van der Waals surface area (Å²) >= 11 is 6.40. The van der Waals surface area contributed by atoms with Crippen LogP contribution in [0.15, 0.2) is 12.3 Å². The molecule has 0 fully saturated rings. The van der Waals surface area contributed by atoms with Gasteiger partial charge in [0.1, 0.15) is 5.82 Å². The maximum Gasteiger partial charge on any atom is 0.147 e. The zero-order chi connectivity index (χ0) is 14.4. The Morgan fingerprint density at radius 1 is 1.32 bits per heavy atom. The summed E-state index contributed by atoms with van der Waals surface area (Å²) in [5.74, 6) is 1.40. The lowest BCUT2D eigenvalue weighted by molar-refractivity contribution is 0.408. The molecule has 0 aliphatic carbocycles. The van der Waals surface area contributed by atoms with Gasteiger partial charge in [-0.2, -0.15) is 0 Å². The van der Waals surface area contributed by atoms with Crippen LogP contribution < -0.4 is 10.6 Å². The number of nitrogens with zero attached hydrogens (tertiary/aromatic N) is 3. The average Bonchev–Trinajstić information content (AvgIpc) is 2.34. The Balaban J connectivity index is 2.95. The van der Waals surface area contributed by atoms with E-state index < -0.39 is 0 Å². The van der Waals surface area contributed by atoms with Gasteiger partial charge >= 0.3 is 0 Å². The number of nitrogens with two attached hydrogens (primary N) is 1. The van der Waals surface area contributed by atoms with Crippen molar-refractivity contribution in [2.24, 2.45) is 11.7 Å². The molecule has 0 saturated heterocycles. The van der Waals surface area contributed by atoms with Gasteiger partial charge in [0, 0.05) is 32.4 Å². The topological polar surface area (TPSA) is 45.4 Å². The molecule has 1 aromatic rings. The maximum absolute atomic E-state index is 6.40. The van der Waals surface area contributed by atoms with Crippen LogP contribution in [0.5, 0.6) is 0 Å². The van der Waals surface area contributed by atoms with Crippen LogP contribution >= 0.6 is 11.6 Å². The molecule has 0 radical (unpaired) electrons. The Hall–Kier alpha value is -0.840. The molecule has 0 aliphatic rings. The number of hydrogen-bond donors (Lipinski definition) is 1. The Bertz CT molecular complexity index is 393. The summed E-state index contributed by atoms with van der Waals surface area (Å²) in [6, 6.07) is 1.88. The molecule has 19 heavy (non-hydrogen) atoms. The first-order chi connectivity index (χ1) is 8.95. The van der Waals surface area contributed by atoms with Crippen molar-refractivity contribution in [3.8, 4) is 0 Å². The Kier molecular flexibility index (Phi) is 6.55. The van der Waals surface area contributed by atoms with E-state index in [0.717, 1.165) is 31.0 Å². The van der Waals surface area contributed by atoms with Gasteiger partial charge < -0.3 is 15.5 Å². The fraction of sp³-hybridized carbons (Fsp3) is 0.643. The van der Waals surface area contributed by atoms with Gasteiger partial charge in [-0.3, -0.25) is 0 Å². The normalized spacial score (nSPS) is 11.4. The Morgan fingerprint density at radius 2 is 2.00 bits per heavy atom. The fourth-order valence-corrected chi connectivity index (χ4v) is 2.20. The van der Waals surface area contributed by atoms with Crippen LogP contribution in [0.1, 0.15) is 19.4 Å². The largest absolute Gasteiger partial charge is 0.354 e. The Labute approximate surface area is 121 Å². The van der Waals surface area contributed by atoms with Gasteiger partial charge in [-0.1, -0.05) is 25.4 Å². The van der Waals surface area contributed by atoms with E-state index in [9.17, 15) is 0 Å². The van der Waals surface area contributed by atoms with Crippen LogP contribution in [0.3, 0.4) is 0 Å². The van der Waals surface area contributed by atoms with Gasteiger partial charge in [0.05, 0.1) is 5.02 Å². The molecule has 108 valence electrons. The second-order valence-corrected chi connectivity index (χ2v) is 5.83. The SMILES string of the molecule is CC(C)CN(CCN(C)C)c1nccc(CN)c1Cl. The molecule has 1 aromatic heterocycles. The third kappa shape index (κ3) is 4.97. The first-order valence-corrected chi connectivity index (χ1v) is 7.06. The molecule has 4 nitrogen and oxygen atoms in total. The summed E-state index contributed by atoms with van der Waals surface area (Å²) in [6.07, 6.45) is 1.78. The van der Waals surface area contributed by atoms with Gasteiger partial charge in [0.2, 0.25) is 0 Å². The lowest BCUT2D eigenvalue weighted by Crippen LogP contribution is -2.35. The molecule has 0 aliphatic heterocycles. The average molecular weight is 285 g/mol. The van der Waals surface area contributed by atoms with E-state index in [0.29, 0.717) is 17.5 Å². The van der Waals surface area contributed by atoms with E-state index in [1.165, 1.54) is 0 Å². The third-order valence-electron chi connectivity index (χ3n) is 2.87. The van der Waals surface area contributed by atoms with Crippen LogP contribution in [0.4, 0.5) is 5.82 Å². The third-order valence-corrected chi connectivity index (χ3v) is 3.28. The minimum absolute atomic E-state index is 0.442. The van der Waals surface area contributed by atoms with E-state index in [2.05, 4.69) is 42.7 Å². The molecule has 0 bridgehead atoms. The van der Waals surface area contributed by atoms with Crippen LogP contribution in [0, 0.1) is 5.92 Å². The smallest absolute Gasteiger partial charge is 0.147 e. The molecular formula is C14H25ClN4. The highest BCUT2D eigenvalue weighted by Crippen LogP contribution is 2.27. The molecule has 2 N–H and O–H groups in total. The number of likely N-dealkylation sites (N-methyl/N-ethyl adjacent to an activating group) is 1. The fourth-order valence-electron chi connectivity index (χ4n) is 1.89. The number of aromatic nitrogens is 1. The molecular weight excluding hydrogens is 260 g/mol. The van der Waals surface area contributed by atoms with Gasteiger partial charge in [-0.15, -0.1) is 0 Å². The van der Waals surface area contributed by atoms with Crippen molar-refractivity contribution < 1.29 is 0 Å². The standard InChI is InChI=1S/C14H25ClN4/c1-11(2)10-19(8-7-18(3)4)14-13(15)12(9-16)5-6-17-14/h5-6,11H,7-10,16H2,1-4H3. The molecule has 5 heteroatoms. The first kappa shape index (κ1) is 16.2.